The lowest BCUT2D eigenvalue weighted by Gasteiger charge is -2.37. The Kier molecular flexibility index (Phi) is 7.88. The summed E-state index contributed by atoms with van der Waals surface area (Å²) in [5.74, 6) is 0.725. The molecule has 0 aliphatic heterocycles. The molecule has 52 heavy (non-hydrogen) atoms. The van der Waals surface area contributed by atoms with Gasteiger partial charge in [0, 0.05) is 11.1 Å². The Hall–Kier alpha value is -6.48. The molecular weight excluding hydrogens is 633 g/mol. The molecule has 0 radical (unpaired) electrons. The summed E-state index contributed by atoms with van der Waals surface area (Å²) >= 11 is 0. The molecule has 0 atom stereocenters. The molecule has 1 aliphatic carbocycles. The van der Waals surface area contributed by atoms with Gasteiger partial charge in [0.2, 0.25) is 0 Å². The third-order valence-electron chi connectivity index (χ3n) is 10.4. The molecule has 8 aromatic carbocycles. The van der Waals surface area contributed by atoms with Gasteiger partial charge >= 0.3 is 0 Å². The van der Waals surface area contributed by atoms with Crippen LogP contribution >= 0.6 is 0 Å². The fourth-order valence-electron chi connectivity index (χ4n) is 8.22. The van der Waals surface area contributed by atoms with Gasteiger partial charge in [0.15, 0.2) is 0 Å². The van der Waals surface area contributed by atoms with Crippen molar-refractivity contribution in [1.82, 2.24) is 0 Å². The molecule has 0 saturated heterocycles. The molecule has 0 unspecified atom stereocenters. The zero-order chi connectivity index (χ0) is 35.1. The van der Waals surface area contributed by atoms with Gasteiger partial charge in [0.1, 0.15) is 11.4 Å². The molecule has 1 N–H and O–H groups in total. The normalized spacial score (nSPS) is 14.0. The Morgan fingerprint density at radius 1 is 0.365 bits per heavy atom. The average Bonchev–Trinajstić information content (AvgIpc) is 3.33. The van der Waals surface area contributed by atoms with Crippen LogP contribution in [0.15, 0.2) is 194 Å². The van der Waals surface area contributed by atoms with Gasteiger partial charge in [-0.1, -0.05) is 182 Å². The van der Waals surface area contributed by atoms with Crippen molar-refractivity contribution >= 4 is 43.8 Å². The Labute approximate surface area is 304 Å². The molecule has 2 nitrogen and oxygen atoms in total. The first kappa shape index (κ1) is 31.5. The first-order valence-electron chi connectivity index (χ1n) is 17.7. The topological polar surface area (TPSA) is 29.5 Å². The third kappa shape index (κ3) is 4.99. The summed E-state index contributed by atoms with van der Waals surface area (Å²) in [5.41, 5.74) is 8.80. The lowest BCUT2D eigenvalue weighted by Crippen LogP contribution is -2.31. The fourth-order valence-corrected chi connectivity index (χ4v) is 8.22. The van der Waals surface area contributed by atoms with E-state index >= 15 is 0 Å². The summed E-state index contributed by atoms with van der Waals surface area (Å²) in [6.45, 7) is 0. The highest BCUT2D eigenvalue weighted by molar-refractivity contribution is 6.27. The minimum absolute atomic E-state index is 0.725. The smallest absolute Gasteiger partial charge is 0.142 e. The van der Waals surface area contributed by atoms with E-state index in [1.807, 2.05) is 36.4 Å². The number of benzene rings is 8. The zero-order valence-electron chi connectivity index (χ0n) is 28.8. The fraction of sp³-hybridized carbons (Fsp3) is 0.0400. The van der Waals surface area contributed by atoms with E-state index in [1.165, 1.54) is 10.8 Å². The van der Waals surface area contributed by atoms with Crippen LogP contribution in [0.2, 0.25) is 0 Å². The number of hydrogen-bond acceptors (Lipinski definition) is 2. The van der Waals surface area contributed by atoms with Crippen LogP contribution in [0, 0.1) is 0 Å². The second-order valence-corrected chi connectivity index (χ2v) is 13.2. The molecule has 0 saturated carbocycles. The maximum absolute atomic E-state index is 14.5. The minimum atomic E-state index is -1.66. The van der Waals surface area contributed by atoms with Crippen LogP contribution in [-0.4, -0.2) is 12.2 Å². The number of methoxy groups -OCH3 is 1. The van der Waals surface area contributed by atoms with Crippen LogP contribution in [0.3, 0.4) is 0 Å². The van der Waals surface area contributed by atoms with Crippen LogP contribution in [-0.2, 0) is 5.60 Å². The molecule has 0 spiro atoms. The maximum atomic E-state index is 14.5. The zero-order valence-corrected chi connectivity index (χ0v) is 28.8. The van der Waals surface area contributed by atoms with Crippen LogP contribution in [0.25, 0.3) is 43.8 Å². The summed E-state index contributed by atoms with van der Waals surface area (Å²) in [4.78, 5) is 0. The van der Waals surface area contributed by atoms with E-state index in [9.17, 15) is 5.11 Å². The van der Waals surface area contributed by atoms with E-state index in [-0.39, 0.29) is 0 Å². The Bertz CT molecular complexity index is 2460. The van der Waals surface area contributed by atoms with Gasteiger partial charge in [-0.2, -0.15) is 0 Å². The van der Waals surface area contributed by atoms with E-state index in [0.717, 1.165) is 77.8 Å². The molecule has 9 rings (SSSR count). The van der Waals surface area contributed by atoms with Gasteiger partial charge in [-0.3, -0.25) is 0 Å². The van der Waals surface area contributed by atoms with Crippen LogP contribution < -0.4 is 4.74 Å². The Morgan fingerprint density at radius 3 is 1.06 bits per heavy atom. The van der Waals surface area contributed by atoms with Gasteiger partial charge in [0.25, 0.3) is 0 Å². The summed E-state index contributed by atoms with van der Waals surface area (Å²) < 4.78 is 5.66. The summed E-state index contributed by atoms with van der Waals surface area (Å²) in [6.07, 6.45) is 0. The molecule has 248 valence electrons. The molecule has 0 fully saturated rings. The summed E-state index contributed by atoms with van der Waals surface area (Å²) in [7, 11) is 1.67. The van der Waals surface area contributed by atoms with Crippen molar-refractivity contribution in [3.05, 3.63) is 233 Å². The summed E-state index contributed by atoms with van der Waals surface area (Å²) in [6, 6.07) is 67.4. The van der Waals surface area contributed by atoms with Crippen LogP contribution in [0.5, 0.6) is 5.75 Å². The highest BCUT2D eigenvalue weighted by Gasteiger charge is 2.46. The lowest BCUT2D eigenvalue weighted by atomic mass is 9.71. The monoisotopic (exact) mass is 668 g/mol. The molecule has 2 heteroatoms. The molecule has 1 aliphatic rings. The van der Waals surface area contributed by atoms with E-state index < -0.39 is 5.60 Å². The average molecular weight is 669 g/mol. The van der Waals surface area contributed by atoms with E-state index in [0.29, 0.717) is 0 Å². The van der Waals surface area contributed by atoms with Gasteiger partial charge in [-0.25, -0.2) is 0 Å². The minimum Gasteiger partial charge on any atom is -0.497 e. The standard InChI is InChI=1S/C50H36O2/c1-52-39-32-30-38(31-33-39)50(51)48(36-22-10-4-11-23-36)44(34-18-6-2-7-19-34)46-42-28-16-14-26-40(42)41-27-15-17-29-43(41)47(46)45(35-20-8-3-9-21-35)49(50)37-24-12-5-13-25-37/h2-33,51H,1H3. The first-order chi connectivity index (χ1) is 25.7. The van der Waals surface area contributed by atoms with Gasteiger partial charge in [-0.15, -0.1) is 0 Å². The Morgan fingerprint density at radius 2 is 0.692 bits per heavy atom. The highest BCUT2D eigenvalue weighted by atomic mass is 16.5. The quantitative estimate of drug-likeness (QED) is 0.179. The maximum Gasteiger partial charge on any atom is 0.142 e. The molecule has 8 aromatic rings. The molecule has 0 heterocycles. The second kappa shape index (κ2) is 13.0. The SMILES string of the molecule is COc1ccc(C2(O)C(c3ccccc3)=C(c3ccccc3)c3c(c4ccccc4c4ccccc34)C(c3ccccc3)=C2c2ccccc2)cc1. The van der Waals surface area contributed by atoms with E-state index in [1.54, 1.807) is 7.11 Å². The number of aliphatic hydroxyl groups is 1. The number of fused-ring (bicyclic) bond motifs is 6. The summed E-state index contributed by atoms with van der Waals surface area (Å²) in [5, 5.41) is 19.1. The molecule has 0 amide bonds. The number of ether oxygens (including phenoxy) is 1. The highest BCUT2D eigenvalue weighted by Crippen LogP contribution is 2.59. The predicted molar refractivity (Wildman–Crippen MR) is 216 cm³/mol. The van der Waals surface area contributed by atoms with Crippen molar-refractivity contribution in [1.29, 1.82) is 0 Å². The van der Waals surface area contributed by atoms with E-state index in [2.05, 4.69) is 158 Å². The van der Waals surface area contributed by atoms with Crippen LogP contribution in [0.4, 0.5) is 0 Å². The van der Waals surface area contributed by atoms with Crippen molar-refractivity contribution in [3.8, 4) is 5.75 Å². The number of hydrogen-bond donors (Lipinski definition) is 1. The van der Waals surface area contributed by atoms with Crippen LogP contribution in [0.1, 0.15) is 38.9 Å². The van der Waals surface area contributed by atoms with Crippen molar-refractivity contribution < 1.29 is 9.84 Å². The van der Waals surface area contributed by atoms with Gasteiger partial charge in [-0.05, 0) is 83.8 Å². The molecule has 0 aromatic heterocycles. The van der Waals surface area contributed by atoms with E-state index in [4.69, 9.17) is 4.74 Å². The first-order valence-corrected chi connectivity index (χ1v) is 17.7. The number of rotatable bonds is 6. The predicted octanol–water partition coefficient (Wildman–Crippen LogP) is 11.8. The lowest BCUT2D eigenvalue weighted by molar-refractivity contribution is 0.166. The molecule has 0 bridgehead atoms. The second-order valence-electron chi connectivity index (χ2n) is 13.2. The van der Waals surface area contributed by atoms with Gasteiger partial charge < -0.3 is 9.84 Å². The third-order valence-corrected chi connectivity index (χ3v) is 10.4. The Balaban J connectivity index is 1.65. The largest absolute Gasteiger partial charge is 0.497 e. The van der Waals surface area contributed by atoms with Crippen molar-refractivity contribution in [3.63, 3.8) is 0 Å². The van der Waals surface area contributed by atoms with Gasteiger partial charge in [0.05, 0.1) is 7.11 Å². The molecular formula is C50H36O2. The van der Waals surface area contributed by atoms with Crippen molar-refractivity contribution in [2.24, 2.45) is 0 Å². The van der Waals surface area contributed by atoms with Crippen molar-refractivity contribution in [2.45, 2.75) is 5.60 Å². The van der Waals surface area contributed by atoms with Crippen molar-refractivity contribution in [2.75, 3.05) is 7.11 Å².